The third-order valence-electron chi connectivity index (χ3n) is 5.52. The first-order valence-electron chi connectivity index (χ1n) is 10.2. The van der Waals surface area contributed by atoms with Gasteiger partial charge in [-0.2, -0.15) is 0 Å². The number of sulfone groups is 1. The molecule has 0 bridgehead atoms. The van der Waals surface area contributed by atoms with Gasteiger partial charge in [0.25, 0.3) is 5.91 Å². The number of Topliss-reactive ketones (excluding diaryl/α,β-unsaturated/α-hetero) is 2. The van der Waals surface area contributed by atoms with Crippen LogP contribution in [0, 0.1) is 17.8 Å². The van der Waals surface area contributed by atoms with E-state index in [-0.39, 0.29) is 41.7 Å². The standard InChI is InChI=1S/C21H26N4O5S/c1-14(2)17(12-31(29,30)16-6-4-3-5-7-16)18(26)10-15-11-19-24-23-13-25(19)9-8-22-21(28)20(15)27/h3-7,13-15,17H,8-12H2,1-2H3,(H,22,28). The van der Waals surface area contributed by atoms with Crippen molar-refractivity contribution in [3.8, 4) is 0 Å². The summed E-state index contributed by atoms with van der Waals surface area (Å²) in [5.41, 5.74) is 0. The summed E-state index contributed by atoms with van der Waals surface area (Å²) in [5.74, 6) is -3.60. The topological polar surface area (TPSA) is 128 Å². The average molecular weight is 447 g/mol. The molecule has 1 aromatic carbocycles. The van der Waals surface area contributed by atoms with E-state index in [1.165, 1.54) is 18.5 Å². The van der Waals surface area contributed by atoms with Gasteiger partial charge in [0.15, 0.2) is 9.84 Å². The molecule has 0 saturated heterocycles. The number of hydrogen-bond acceptors (Lipinski definition) is 7. The highest BCUT2D eigenvalue weighted by Crippen LogP contribution is 2.24. The Bertz CT molecular complexity index is 1060. The number of nitrogens with zero attached hydrogens (tertiary/aromatic N) is 3. The van der Waals surface area contributed by atoms with E-state index in [0.717, 1.165) is 0 Å². The van der Waals surface area contributed by atoms with Crippen molar-refractivity contribution >= 4 is 27.3 Å². The maximum absolute atomic E-state index is 13.2. The van der Waals surface area contributed by atoms with Gasteiger partial charge >= 0.3 is 0 Å². The van der Waals surface area contributed by atoms with Gasteiger partial charge in [-0.3, -0.25) is 14.4 Å². The number of fused-ring (bicyclic) bond motifs is 1. The summed E-state index contributed by atoms with van der Waals surface area (Å²) in [6.07, 6.45) is 1.38. The number of carbonyl (C=O) groups excluding carboxylic acids is 3. The Morgan fingerprint density at radius 2 is 1.94 bits per heavy atom. The second-order valence-electron chi connectivity index (χ2n) is 8.08. The van der Waals surface area contributed by atoms with Crippen molar-refractivity contribution in [2.45, 2.75) is 38.1 Å². The van der Waals surface area contributed by atoms with Crippen molar-refractivity contribution in [2.24, 2.45) is 17.8 Å². The van der Waals surface area contributed by atoms with Crippen LogP contribution in [0.25, 0.3) is 0 Å². The molecule has 1 aliphatic heterocycles. The van der Waals surface area contributed by atoms with E-state index >= 15 is 0 Å². The summed E-state index contributed by atoms with van der Waals surface area (Å²) >= 11 is 0. The van der Waals surface area contributed by atoms with Crippen molar-refractivity contribution in [3.05, 3.63) is 42.5 Å². The number of benzene rings is 1. The normalized spacial score (nSPS) is 18.5. The highest BCUT2D eigenvalue weighted by Gasteiger charge is 2.35. The van der Waals surface area contributed by atoms with Crippen LogP contribution in [0.2, 0.25) is 0 Å². The summed E-state index contributed by atoms with van der Waals surface area (Å²) in [6.45, 7) is 4.22. The highest BCUT2D eigenvalue weighted by atomic mass is 32.2. The van der Waals surface area contributed by atoms with Crippen LogP contribution in [0.4, 0.5) is 0 Å². The predicted molar refractivity (Wildman–Crippen MR) is 112 cm³/mol. The molecule has 3 rings (SSSR count). The Morgan fingerprint density at radius 1 is 1.23 bits per heavy atom. The number of carbonyl (C=O) groups is 3. The first-order valence-corrected chi connectivity index (χ1v) is 11.8. The number of aromatic nitrogens is 3. The van der Waals surface area contributed by atoms with Gasteiger partial charge in [-0.05, 0) is 18.1 Å². The maximum Gasteiger partial charge on any atom is 0.287 e. The van der Waals surface area contributed by atoms with E-state index in [2.05, 4.69) is 15.5 Å². The monoisotopic (exact) mass is 446 g/mol. The van der Waals surface area contributed by atoms with Crippen molar-refractivity contribution < 1.29 is 22.8 Å². The molecule has 2 unspecified atom stereocenters. The smallest absolute Gasteiger partial charge is 0.287 e. The van der Waals surface area contributed by atoms with E-state index in [0.29, 0.717) is 12.4 Å². The average Bonchev–Trinajstić information content (AvgIpc) is 3.18. The fourth-order valence-corrected chi connectivity index (χ4v) is 5.48. The van der Waals surface area contributed by atoms with E-state index in [9.17, 15) is 22.8 Å². The van der Waals surface area contributed by atoms with Crippen LogP contribution >= 0.6 is 0 Å². The van der Waals surface area contributed by atoms with Crippen LogP contribution in [0.1, 0.15) is 26.1 Å². The molecule has 0 saturated carbocycles. The molecule has 2 atom stereocenters. The second-order valence-corrected chi connectivity index (χ2v) is 10.1. The van der Waals surface area contributed by atoms with Gasteiger partial charge in [-0.25, -0.2) is 8.42 Å². The van der Waals surface area contributed by atoms with Crippen molar-refractivity contribution in [1.29, 1.82) is 0 Å². The van der Waals surface area contributed by atoms with Gasteiger partial charge in [-0.15, -0.1) is 10.2 Å². The third kappa shape index (κ3) is 5.43. The molecule has 0 aliphatic carbocycles. The lowest BCUT2D eigenvalue weighted by atomic mass is 9.85. The molecule has 0 radical (unpaired) electrons. The number of nitrogens with one attached hydrogen (secondary N) is 1. The molecule has 1 amide bonds. The van der Waals surface area contributed by atoms with Crippen molar-refractivity contribution in [1.82, 2.24) is 20.1 Å². The van der Waals surface area contributed by atoms with E-state index in [4.69, 9.17) is 0 Å². The lowest BCUT2D eigenvalue weighted by Crippen LogP contribution is -2.38. The van der Waals surface area contributed by atoms with Crippen molar-refractivity contribution in [2.75, 3.05) is 12.3 Å². The molecule has 1 aliphatic rings. The summed E-state index contributed by atoms with van der Waals surface area (Å²) in [5, 5.41) is 10.4. The molecule has 2 heterocycles. The van der Waals surface area contributed by atoms with E-state index in [1.54, 1.807) is 36.6 Å². The number of rotatable bonds is 7. The molecule has 9 nitrogen and oxygen atoms in total. The second kappa shape index (κ2) is 9.51. The van der Waals surface area contributed by atoms with Crippen LogP contribution in [-0.4, -0.2) is 53.0 Å². The van der Waals surface area contributed by atoms with Crippen LogP contribution in [-0.2, 0) is 37.2 Å². The summed E-state index contributed by atoms with van der Waals surface area (Å²) in [7, 11) is -3.68. The number of hydrogen-bond donors (Lipinski definition) is 1. The molecule has 0 spiro atoms. The first kappa shape index (κ1) is 22.8. The lowest BCUT2D eigenvalue weighted by Gasteiger charge is -2.22. The fraction of sp³-hybridized carbons (Fsp3) is 0.476. The zero-order valence-corrected chi connectivity index (χ0v) is 18.3. The van der Waals surface area contributed by atoms with E-state index < -0.39 is 33.4 Å². The summed E-state index contributed by atoms with van der Waals surface area (Å²) in [6, 6.07) is 7.97. The van der Waals surface area contributed by atoms with Gasteiger partial charge in [0.1, 0.15) is 17.9 Å². The van der Waals surface area contributed by atoms with Crippen molar-refractivity contribution in [3.63, 3.8) is 0 Å². The minimum Gasteiger partial charge on any atom is -0.348 e. The van der Waals surface area contributed by atoms with Crippen LogP contribution < -0.4 is 5.32 Å². The molecule has 1 N–H and O–H groups in total. The molecule has 2 aromatic rings. The molecule has 0 fully saturated rings. The summed E-state index contributed by atoms with van der Waals surface area (Å²) < 4.78 is 27.4. The molecule has 166 valence electrons. The Morgan fingerprint density at radius 3 is 2.61 bits per heavy atom. The molecular weight excluding hydrogens is 420 g/mol. The van der Waals surface area contributed by atoms with E-state index in [1.807, 2.05) is 0 Å². The van der Waals surface area contributed by atoms with Gasteiger partial charge in [0.2, 0.25) is 5.78 Å². The zero-order chi connectivity index (χ0) is 22.6. The van der Waals surface area contributed by atoms with Gasteiger partial charge in [0.05, 0.1) is 10.6 Å². The highest BCUT2D eigenvalue weighted by molar-refractivity contribution is 7.91. The Balaban J connectivity index is 1.82. The third-order valence-corrected chi connectivity index (χ3v) is 7.31. The number of amides is 1. The molecule has 10 heteroatoms. The first-order chi connectivity index (χ1) is 14.7. The largest absolute Gasteiger partial charge is 0.348 e. The minimum atomic E-state index is -3.68. The van der Waals surface area contributed by atoms with Crippen LogP contribution in [0.3, 0.4) is 0 Å². The van der Waals surface area contributed by atoms with Crippen LogP contribution in [0.5, 0.6) is 0 Å². The number of ketones is 2. The molecular formula is C21H26N4O5S. The lowest BCUT2D eigenvalue weighted by molar-refractivity contribution is -0.141. The predicted octanol–water partition coefficient (Wildman–Crippen LogP) is 0.841. The minimum absolute atomic E-state index is 0.0915. The Hall–Kier alpha value is -2.88. The van der Waals surface area contributed by atoms with Gasteiger partial charge in [-0.1, -0.05) is 32.0 Å². The summed E-state index contributed by atoms with van der Waals surface area (Å²) in [4.78, 5) is 38.2. The van der Waals surface area contributed by atoms with Crippen LogP contribution in [0.15, 0.2) is 41.6 Å². The quantitative estimate of drug-likeness (QED) is 0.624. The molecule has 1 aromatic heterocycles. The zero-order valence-electron chi connectivity index (χ0n) is 17.5. The Labute approximate surface area is 181 Å². The SMILES string of the molecule is CC(C)C(CS(=O)(=O)c1ccccc1)C(=O)CC1Cc2nncn2CCNC(=O)C1=O. The fourth-order valence-electron chi connectivity index (χ4n) is 3.68. The van der Waals surface area contributed by atoms with Gasteiger partial charge in [0, 0.05) is 37.8 Å². The Kier molecular flexibility index (Phi) is 6.99. The van der Waals surface area contributed by atoms with Gasteiger partial charge < -0.3 is 9.88 Å². The molecule has 31 heavy (non-hydrogen) atoms. The maximum atomic E-state index is 13.2.